The molecule has 0 bridgehead atoms. The SMILES string of the molecule is CC(=O)Nc1ccc(N2CCOC2=O)c(Br)c1. The number of rotatable bonds is 2. The highest BCUT2D eigenvalue weighted by Crippen LogP contribution is 2.30. The van der Waals surface area contributed by atoms with Gasteiger partial charge in [0.15, 0.2) is 0 Å². The first-order valence-electron chi connectivity index (χ1n) is 5.09. The van der Waals surface area contributed by atoms with Gasteiger partial charge in [-0.1, -0.05) is 0 Å². The van der Waals surface area contributed by atoms with Crippen molar-refractivity contribution in [2.45, 2.75) is 6.92 Å². The van der Waals surface area contributed by atoms with E-state index in [1.54, 1.807) is 23.1 Å². The van der Waals surface area contributed by atoms with Crippen LogP contribution in [0.5, 0.6) is 0 Å². The van der Waals surface area contributed by atoms with Crippen LogP contribution in [0.4, 0.5) is 16.2 Å². The van der Waals surface area contributed by atoms with Crippen LogP contribution >= 0.6 is 15.9 Å². The molecule has 0 aromatic heterocycles. The highest BCUT2D eigenvalue weighted by Gasteiger charge is 2.25. The van der Waals surface area contributed by atoms with Gasteiger partial charge in [-0.3, -0.25) is 9.69 Å². The van der Waals surface area contributed by atoms with Gasteiger partial charge in [-0.15, -0.1) is 0 Å². The van der Waals surface area contributed by atoms with E-state index in [0.29, 0.717) is 18.8 Å². The lowest BCUT2D eigenvalue weighted by Gasteiger charge is -2.15. The van der Waals surface area contributed by atoms with Crippen LogP contribution in [-0.2, 0) is 9.53 Å². The lowest BCUT2D eigenvalue weighted by molar-refractivity contribution is -0.114. The fourth-order valence-corrected chi connectivity index (χ4v) is 2.21. The second-order valence-electron chi connectivity index (χ2n) is 3.61. The third kappa shape index (κ3) is 2.58. The number of nitrogens with zero attached hydrogens (tertiary/aromatic N) is 1. The van der Waals surface area contributed by atoms with Gasteiger partial charge in [-0.2, -0.15) is 0 Å². The average Bonchev–Trinajstić information content (AvgIpc) is 2.64. The standard InChI is InChI=1S/C11H11BrN2O3/c1-7(15)13-8-2-3-10(9(12)6-8)14-4-5-17-11(14)16/h2-3,6H,4-5H2,1H3,(H,13,15). The number of hydrogen-bond acceptors (Lipinski definition) is 3. The van der Waals surface area contributed by atoms with Gasteiger partial charge in [0, 0.05) is 17.1 Å². The Bertz CT molecular complexity index is 476. The van der Waals surface area contributed by atoms with Crippen molar-refractivity contribution < 1.29 is 14.3 Å². The van der Waals surface area contributed by atoms with Gasteiger partial charge in [-0.25, -0.2) is 4.79 Å². The fourth-order valence-electron chi connectivity index (χ4n) is 1.62. The van der Waals surface area contributed by atoms with Crippen molar-refractivity contribution in [2.75, 3.05) is 23.4 Å². The Labute approximate surface area is 107 Å². The summed E-state index contributed by atoms with van der Waals surface area (Å²) in [5.41, 5.74) is 1.42. The second-order valence-corrected chi connectivity index (χ2v) is 4.47. The summed E-state index contributed by atoms with van der Waals surface area (Å²) in [6.07, 6.45) is -0.349. The molecule has 1 heterocycles. The van der Waals surface area contributed by atoms with Gasteiger partial charge in [-0.05, 0) is 34.1 Å². The lowest BCUT2D eigenvalue weighted by atomic mass is 10.2. The molecule has 0 spiro atoms. The molecule has 1 aliphatic rings. The number of nitrogens with one attached hydrogen (secondary N) is 1. The molecular formula is C11H11BrN2O3. The normalized spacial score (nSPS) is 14.7. The molecule has 2 rings (SSSR count). The molecule has 6 heteroatoms. The Morgan fingerprint density at radius 2 is 2.29 bits per heavy atom. The zero-order valence-electron chi connectivity index (χ0n) is 9.20. The van der Waals surface area contributed by atoms with Crippen molar-refractivity contribution in [1.82, 2.24) is 0 Å². The lowest BCUT2D eigenvalue weighted by Crippen LogP contribution is -2.23. The molecule has 0 unspecified atom stereocenters. The van der Waals surface area contributed by atoms with Crippen molar-refractivity contribution in [2.24, 2.45) is 0 Å². The summed E-state index contributed by atoms with van der Waals surface area (Å²) in [6, 6.07) is 5.26. The van der Waals surface area contributed by atoms with E-state index in [2.05, 4.69) is 21.2 Å². The van der Waals surface area contributed by atoms with Crippen LogP contribution in [-0.4, -0.2) is 25.2 Å². The van der Waals surface area contributed by atoms with Crippen LogP contribution in [0, 0.1) is 0 Å². The number of cyclic esters (lactones) is 1. The predicted molar refractivity (Wildman–Crippen MR) is 67.1 cm³/mol. The molecule has 90 valence electrons. The maximum absolute atomic E-state index is 11.4. The summed E-state index contributed by atoms with van der Waals surface area (Å²) in [7, 11) is 0. The largest absolute Gasteiger partial charge is 0.447 e. The smallest absolute Gasteiger partial charge is 0.414 e. The van der Waals surface area contributed by atoms with Crippen LogP contribution < -0.4 is 10.2 Å². The van der Waals surface area contributed by atoms with Gasteiger partial charge in [0.2, 0.25) is 5.91 Å². The number of benzene rings is 1. The first kappa shape index (κ1) is 11.9. The van der Waals surface area contributed by atoms with Gasteiger partial charge in [0.25, 0.3) is 0 Å². The Kier molecular flexibility index (Phi) is 3.33. The third-order valence-corrected chi connectivity index (χ3v) is 2.95. The molecule has 1 saturated heterocycles. The van der Waals surface area contributed by atoms with Gasteiger partial charge in [0.1, 0.15) is 6.61 Å². The number of hydrogen-bond donors (Lipinski definition) is 1. The summed E-state index contributed by atoms with van der Waals surface area (Å²) >= 11 is 3.37. The molecule has 1 aliphatic heterocycles. The average molecular weight is 299 g/mol. The third-order valence-electron chi connectivity index (χ3n) is 2.32. The number of ether oxygens (including phenoxy) is 1. The number of carbonyl (C=O) groups excluding carboxylic acids is 2. The molecule has 1 aromatic carbocycles. The molecule has 0 radical (unpaired) electrons. The minimum atomic E-state index is -0.349. The number of halogens is 1. The molecule has 2 amide bonds. The van der Waals surface area contributed by atoms with E-state index in [1.165, 1.54) is 6.92 Å². The number of anilines is 2. The number of amides is 2. The van der Waals surface area contributed by atoms with E-state index in [4.69, 9.17) is 4.74 Å². The van der Waals surface area contributed by atoms with Crippen molar-refractivity contribution in [3.05, 3.63) is 22.7 Å². The Balaban J connectivity index is 2.25. The fraction of sp³-hybridized carbons (Fsp3) is 0.273. The molecular weight excluding hydrogens is 288 g/mol. The van der Waals surface area contributed by atoms with Crippen molar-refractivity contribution in [3.63, 3.8) is 0 Å². The summed E-state index contributed by atoms with van der Waals surface area (Å²) in [5, 5.41) is 2.67. The predicted octanol–water partition coefficient (Wildman–Crippen LogP) is 2.36. The maximum atomic E-state index is 11.4. The summed E-state index contributed by atoms with van der Waals surface area (Å²) in [4.78, 5) is 23.9. The Morgan fingerprint density at radius 3 is 2.82 bits per heavy atom. The van der Waals surface area contributed by atoms with Crippen LogP contribution in [0.3, 0.4) is 0 Å². The monoisotopic (exact) mass is 298 g/mol. The topological polar surface area (TPSA) is 58.6 Å². The highest BCUT2D eigenvalue weighted by molar-refractivity contribution is 9.10. The quantitative estimate of drug-likeness (QED) is 0.912. The molecule has 0 aliphatic carbocycles. The molecule has 1 N–H and O–H groups in total. The maximum Gasteiger partial charge on any atom is 0.414 e. The van der Waals surface area contributed by atoms with Crippen molar-refractivity contribution in [1.29, 1.82) is 0 Å². The van der Waals surface area contributed by atoms with E-state index in [9.17, 15) is 9.59 Å². The first-order valence-corrected chi connectivity index (χ1v) is 5.88. The van der Waals surface area contributed by atoms with Crippen LogP contribution in [0.15, 0.2) is 22.7 Å². The van der Waals surface area contributed by atoms with Crippen LogP contribution in [0.2, 0.25) is 0 Å². The van der Waals surface area contributed by atoms with Crippen molar-refractivity contribution >= 4 is 39.3 Å². The minimum absolute atomic E-state index is 0.134. The Hall–Kier alpha value is -1.56. The van der Waals surface area contributed by atoms with Crippen molar-refractivity contribution in [3.8, 4) is 0 Å². The van der Waals surface area contributed by atoms with Gasteiger partial charge >= 0.3 is 6.09 Å². The van der Waals surface area contributed by atoms with E-state index < -0.39 is 0 Å². The molecule has 1 fully saturated rings. The van der Waals surface area contributed by atoms with E-state index >= 15 is 0 Å². The minimum Gasteiger partial charge on any atom is -0.447 e. The molecule has 0 atom stereocenters. The zero-order chi connectivity index (χ0) is 12.4. The van der Waals surface area contributed by atoms with Crippen LogP contribution in [0.25, 0.3) is 0 Å². The molecule has 5 nitrogen and oxygen atoms in total. The number of carbonyl (C=O) groups is 2. The molecule has 0 saturated carbocycles. The highest BCUT2D eigenvalue weighted by atomic mass is 79.9. The summed E-state index contributed by atoms with van der Waals surface area (Å²) in [6.45, 7) is 2.38. The van der Waals surface area contributed by atoms with Gasteiger partial charge in [0.05, 0.1) is 12.2 Å². The van der Waals surface area contributed by atoms with E-state index in [1.807, 2.05) is 0 Å². The Morgan fingerprint density at radius 1 is 1.53 bits per heavy atom. The molecule has 17 heavy (non-hydrogen) atoms. The van der Waals surface area contributed by atoms with E-state index in [-0.39, 0.29) is 12.0 Å². The first-order chi connectivity index (χ1) is 8.08. The summed E-state index contributed by atoms with van der Waals surface area (Å²) < 4.78 is 5.60. The zero-order valence-corrected chi connectivity index (χ0v) is 10.8. The second kappa shape index (κ2) is 4.75. The summed E-state index contributed by atoms with van der Waals surface area (Å²) in [5.74, 6) is -0.134. The molecule has 1 aromatic rings. The van der Waals surface area contributed by atoms with Crippen LogP contribution in [0.1, 0.15) is 6.92 Å². The van der Waals surface area contributed by atoms with Gasteiger partial charge < -0.3 is 10.1 Å². The van der Waals surface area contributed by atoms with E-state index in [0.717, 1.165) is 10.2 Å².